The predicted molar refractivity (Wildman–Crippen MR) is 61.7 cm³/mol. The molecule has 2 heteroatoms. The molecule has 1 aromatic carbocycles. The third-order valence-electron chi connectivity index (χ3n) is 3.31. The van der Waals surface area contributed by atoms with Crippen molar-refractivity contribution < 1.29 is 9.18 Å². The number of carbonyl (C=O) groups excluding carboxylic acids is 1. The van der Waals surface area contributed by atoms with Gasteiger partial charge in [0.25, 0.3) is 0 Å². The van der Waals surface area contributed by atoms with Crippen molar-refractivity contribution in [3.63, 3.8) is 0 Å². The Balaban J connectivity index is 1.84. The van der Waals surface area contributed by atoms with E-state index >= 15 is 0 Å². The van der Waals surface area contributed by atoms with Gasteiger partial charge in [0.15, 0.2) is 0 Å². The van der Waals surface area contributed by atoms with Gasteiger partial charge in [-0.3, -0.25) is 4.79 Å². The van der Waals surface area contributed by atoms with Crippen LogP contribution in [0.1, 0.15) is 37.7 Å². The van der Waals surface area contributed by atoms with Crippen molar-refractivity contribution in [2.45, 2.75) is 38.5 Å². The maximum atomic E-state index is 12.7. The molecule has 0 unspecified atom stereocenters. The minimum Gasteiger partial charge on any atom is -0.299 e. The molecule has 0 aliphatic heterocycles. The minimum absolute atomic E-state index is 0.244. The Bertz CT molecular complexity index is 350. The van der Waals surface area contributed by atoms with Gasteiger partial charge >= 0.3 is 0 Å². The van der Waals surface area contributed by atoms with E-state index in [0.717, 1.165) is 5.56 Å². The van der Waals surface area contributed by atoms with E-state index in [-0.39, 0.29) is 5.82 Å². The lowest BCUT2D eigenvalue weighted by atomic mass is 9.97. The third-order valence-corrected chi connectivity index (χ3v) is 3.31. The zero-order valence-corrected chi connectivity index (χ0v) is 9.42. The van der Waals surface area contributed by atoms with Crippen molar-refractivity contribution in [2.24, 2.45) is 5.92 Å². The highest BCUT2D eigenvalue weighted by atomic mass is 19.1. The van der Waals surface area contributed by atoms with Crippen LogP contribution in [0.25, 0.3) is 0 Å². The average molecular weight is 220 g/mol. The first kappa shape index (κ1) is 11.3. The van der Waals surface area contributed by atoms with Gasteiger partial charge in [-0.25, -0.2) is 4.39 Å². The fourth-order valence-corrected chi connectivity index (χ4v) is 2.44. The molecular weight excluding hydrogens is 203 g/mol. The van der Waals surface area contributed by atoms with Crippen LogP contribution in [-0.2, 0) is 11.2 Å². The summed E-state index contributed by atoms with van der Waals surface area (Å²) in [5, 5.41) is 0. The molecule has 86 valence electrons. The van der Waals surface area contributed by atoms with E-state index in [4.69, 9.17) is 0 Å². The van der Waals surface area contributed by atoms with E-state index < -0.39 is 0 Å². The number of Topliss-reactive ketones (excluding diaryl/α,β-unsaturated/α-hetero) is 1. The normalized spacial score (nSPS) is 16.6. The molecule has 0 aromatic heterocycles. The summed E-state index contributed by atoms with van der Waals surface area (Å²) >= 11 is 0. The fourth-order valence-electron chi connectivity index (χ4n) is 2.44. The lowest BCUT2D eigenvalue weighted by Gasteiger charge is -2.07. The van der Waals surface area contributed by atoms with Crippen molar-refractivity contribution in [3.05, 3.63) is 35.6 Å². The quantitative estimate of drug-likeness (QED) is 0.758. The number of ketones is 1. The molecule has 0 amide bonds. The van der Waals surface area contributed by atoms with E-state index in [1.54, 1.807) is 12.1 Å². The van der Waals surface area contributed by atoms with Crippen LogP contribution in [0.15, 0.2) is 24.3 Å². The molecule has 1 aromatic rings. The standard InChI is InChI=1S/C14H17FO/c15-13-7-5-12(6-8-13)10-14(16)9-11-3-1-2-4-11/h5-8,11H,1-4,9-10H2. The number of carbonyl (C=O) groups is 1. The smallest absolute Gasteiger partial charge is 0.137 e. The van der Waals surface area contributed by atoms with E-state index in [1.807, 2.05) is 0 Å². The Morgan fingerprint density at radius 1 is 1.19 bits per heavy atom. The molecule has 2 rings (SSSR count). The molecule has 0 spiro atoms. The van der Waals surface area contributed by atoms with Gasteiger partial charge in [0.05, 0.1) is 0 Å². The largest absolute Gasteiger partial charge is 0.299 e. The Morgan fingerprint density at radius 2 is 1.81 bits per heavy atom. The zero-order chi connectivity index (χ0) is 11.4. The number of hydrogen-bond acceptors (Lipinski definition) is 1. The van der Waals surface area contributed by atoms with Gasteiger partial charge in [-0.05, 0) is 23.6 Å². The van der Waals surface area contributed by atoms with Crippen LogP contribution in [0.2, 0.25) is 0 Å². The number of halogens is 1. The van der Waals surface area contributed by atoms with Gasteiger partial charge in [0, 0.05) is 12.8 Å². The summed E-state index contributed by atoms with van der Waals surface area (Å²) in [4.78, 5) is 11.8. The van der Waals surface area contributed by atoms with E-state index in [0.29, 0.717) is 24.5 Å². The summed E-state index contributed by atoms with van der Waals surface area (Å²) in [5.74, 6) is 0.651. The van der Waals surface area contributed by atoms with Gasteiger partial charge < -0.3 is 0 Å². The van der Waals surface area contributed by atoms with Crippen LogP contribution in [0.3, 0.4) is 0 Å². The molecule has 1 aliphatic rings. The van der Waals surface area contributed by atoms with Crippen molar-refractivity contribution in [3.8, 4) is 0 Å². The molecule has 1 aliphatic carbocycles. The molecule has 0 bridgehead atoms. The van der Waals surface area contributed by atoms with E-state index in [1.165, 1.54) is 37.8 Å². The van der Waals surface area contributed by atoms with Crippen molar-refractivity contribution in [1.82, 2.24) is 0 Å². The molecule has 1 saturated carbocycles. The first-order valence-electron chi connectivity index (χ1n) is 6.00. The number of hydrogen-bond donors (Lipinski definition) is 0. The predicted octanol–water partition coefficient (Wildman–Crippen LogP) is 3.52. The summed E-state index contributed by atoms with van der Waals surface area (Å²) in [5.41, 5.74) is 0.921. The summed E-state index contributed by atoms with van der Waals surface area (Å²) < 4.78 is 12.7. The highest BCUT2D eigenvalue weighted by molar-refractivity contribution is 5.81. The maximum Gasteiger partial charge on any atom is 0.137 e. The second-order valence-corrected chi connectivity index (χ2v) is 4.70. The average Bonchev–Trinajstić information content (AvgIpc) is 2.74. The lowest BCUT2D eigenvalue weighted by molar-refractivity contribution is -0.119. The van der Waals surface area contributed by atoms with Crippen LogP contribution in [0.5, 0.6) is 0 Å². The summed E-state index contributed by atoms with van der Waals surface area (Å²) in [6, 6.07) is 6.22. The highest BCUT2D eigenvalue weighted by Crippen LogP contribution is 2.28. The van der Waals surface area contributed by atoms with Crippen LogP contribution in [0, 0.1) is 11.7 Å². The van der Waals surface area contributed by atoms with Gasteiger partial charge in [0.1, 0.15) is 11.6 Å². The molecule has 16 heavy (non-hydrogen) atoms. The summed E-state index contributed by atoms with van der Waals surface area (Å²) in [6.07, 6.45) is 6.11. The maximum absolute atomic E-state index is 12.7. The van der Waals surface area contributed by atoms with Crippen LogP contribution in [0.4, 0.5) is 4.39 Å². The van der Waals surface area contributed by atoms with E-state index in [9.17, 15) is 9.18 Å². The molecule has 1 nitrogen and oxygen atoms in total. The SMILES string of the molecule is O=C(Cc1ccc(F)cc1)CC1CCCC1. The molecule has 1 fully saturated rings. The minimum atomic E-state index is -0.244. The third kappa shape index (κ3) is 3.16. The lowest BCUT2D eigenvalue weighted by Crippen LogP contribution is -2.08. The monoisotopic (exact) mass is 220 g/mol. The van der Waals surface area contributed by atoms with Gasteiger partial charge in [0.2, 0.25) is 0 Å². The van der Waals surface area contributed by atoms with Crippen LogP contribution < -0.4 is 0 Å². The molecular formula is C14H17FO. The van der Waals surface area contributed by atoms with Crippen LogP contribution in [-0.4, -0.2) is 5.78 Å². The topological polar surface area (TPSA) is 17.1 Å². The molecule has 0 N–H and O–H groups in total. The Labute approximate surface area is 95.7 Å². The zero-order valence-electron chi connectivity index (χ0n) is 9.42. The molecule has 0 saturated heterocycles. The fraction of sp³-hybridized carbons (Fsp3) is 0.500. The molecule has 0 radical (unpaired) electrons. The van der Waals surface area contributed by atoms with Crippen molar-refractivity contribution in [1.29, 1.82) is 0 Å². The highest BCUT2D eigenvalue weighted by Gasteiger charge is 2.18. The first-order valence-corrected chi connectivity index (χ1v) is 6.00. The first-order chi connectivity index (χ1) is 7.74. The summed E-state index contributed by atoms with van der Waals surface area (Å²) in [6.45, 7) is 0. The Kier molecular flexibility index (Phi) is 3.70. The van der Waals surface area contributed by atoms with Crippen molar-refractivity contribution >= 4 is 5.78 Å². The molecule has 0 atom stereocenters. The Morgan fingerprint density at radius 3 is 2.44 bits per heavy atom. The van der Waals surface area contributed by atoms with Crippen molar-refractivity contribution in [2.75, 3.05) is 0 Å². The van der Waals surface area contributed by atoms with E-state index in [2.05, 4.69) is 0 Å². The summed E-state index contributed by atoms with van der Waals surface area (Å²) in [7, 11) is 0. The Hall–Kier alpha value is -1.18. The number of rotatable bonds is 4. The van der Waals surface area contributed by atoms with Gasteiger partial charge in [-0.15, -0.1) is 0 Å². The second-order valence-electron chi connectivity index (χ2n) is 4.70. The van der Waals surface area contributed by atoms with Gasteiger partial charge in [-0.2, -0.15) is 0 Å². The number of benzene rings is 1. The van der Waals surface area contributed by atoms with Gasteiger partial charge in [-0.1, -0.05) is 37.8 Å². The second kappa shape index (κ2) is 5.24. The molecule has 0 heterocycles. The van der Waals surface area contributed by atoms with Crippen LogP contribution >= 0.6 is 0 Å².